The first kappa shape index (κ1) is 16.8. The van der Waals surface area contributed by atoms with Crippen LogP contribution in [-0.2, 0) is 0 Å². The molecular formula is C17H12Cl3N3O. The van der Waals surface area contributed by atoms with Gasteiger partial charge in [0, 0.05) is 16.1 Å². The van der Waals surface area contributed by atoms with Crippen molar-refractivity contribution in [1.82, 2.24) is 9.78 Å². The number of rotatable bonds is 3. The van der Waals surface area contributed by atoms with Crippen LogP contribution in [0, 0.1) is 6.92 Å². The predicted octanol–water partition coefficient (Wildman–Crippen LogP) is 5.39. The second-order valence-corrected chi connectivity index (χ2v) is 6.42. The summed E-state index contributed by atoms with van der Waals surface area (Å²) in [5, 5.41) is 8.54. The molecule has 0 saturated heterocycles. The van der Waals surface area contributed by atoms with Crippen molar-refractivity contribution in [3.8, 4) is 5.69 Å². The fraction of sp³-hybridized carbons (Fsp3) is 0.0588. The van der Waals surface area contributed by atoms with Crippen molar-refractivity contribution < 1.29 is 4.79 Å². The Morgan fingerprint density at radius 3 is 2.54 bits per heavy atom. The molecule has 0 spiro atoms. The Balaban J connectivity index is 1.96. The van der Waals surface area contributed by atoms with Gasteiger partial charge in [0.2, 0.25) is 0 Å². The van der Waals surface area contributed by atoms with E-state index in [0.29, 0.717) is 26.4 Å². The zero-order valence-corrected chi connectivity index (χ0v) is 14.8. The summed E-state index contributed by atoms with van der Waals surface area (Å²) in [6, 6.07) is 13.7. The molecule has 0 bridgehead atoms. The van der Waals surface area contributed by atoms with Crippen LogP contribution in [0.15, 0.2) is 48.5 Å². The fourth-order valence-corrected chi connectivity index (χ4v) is 2.81. The molecule has 1 amide bonds. The Morgan fingerprint density at radius 1 is 1.04 bits per heavy atom. The van der Waals surface area contributed by atoms with Gasteiger partial charge >= 0.3 is 0 Å². The molecule has 1 N–H and O–H groups in total. The Bertz CT molecular complexity index is 921. The van der Waals surface area contributed by atoms with Crippen molar-refractivity contribution in [2.45, 2.75) is 6.92 Å². The number of nitrogens with zero attached hydrogens (tertiary/aromatic N) is 2. The van der Waals surface area contributed by atoms with Crippen LogP contribution in [0.4, 0.5) is 5.82 Å². The number of halogens is 3. The molecule has 0 fully saturated rings. The van der Waals surface area contributed by atoms with Crippen LogP contribution in [-0.4, -0.2) is 15.7 Å². The van der Waals surface area contributed by atoms with E-state index in [-0.39, 0.29) is 5.91 Å². The van der Waals surface area contributed by atoms with Gasteiger partial charge in [-0.3, -0.25) is 4.79 Å². The highest BCUT2D eigenvalue weighted by Gasteiger charge is 2.15. The van der Waals surface area contributed by atoms with E-state index in [9.17, 15) is 4.79 Å². The summed E-state index contributed by atoms with van der Waals surface area (Å²) in [6.07, 6.45) is 0. The lowest BCUT2D eigenvalue weighted by atomic mass is 10.2. The van der Waals surface area contributed by atoms with Gasteiger partial charge in [-0.1, -0.05) is 40.9 Å². The molecule has 122 valence electrons. The molecule has 0 aliphatic rings. The number of hydrogen-bond acceptors (Lipinski definition) is 2. The van der Waals surface area contributed by atoms with E-state index in [0.717, 1.165) is 11.4 Å². The van der Waals surface area contributed by atoms with Crippen LogP contribution < -0.4 is 5.32 Å². The standard InChI is InChI=1S/C17H12Cl3N3O/c1-10-7-16(23(22-10)13-4-2-3-11(18)8-13)21-17(24)14-9-12(19)5-6-15(14)20/h2-9H,1H3,(H,21,24). The van der Waals surface area contributed by atoms with Gasteiger partial charge in [-0.15, -0.1) is 0 Å². The second-order valence-electron chi connectivity index (χ2n) is 5.14. The maximum atomic E-state index is 12.5. The van der Waals surface area contributed by atoms with Gasteiger partial charge in [-0.2, -0.15) is 5.10 Å². The Morgan fingerprint density at radius 2 is 1.79 bits per heavy atom. The van der Waals surface area contributed by atoms with Crippen LogP contribution in [0.25, 0.3) is 5.69 Å². The van der Waals surface area contributed by atoms with Gasteiger partial charge in [0.25, 0.3) is 5.91 Å². The number of carbonyl (C=O) groups excluding carboxylic acids is 1. The van der Waals surface area contributed by atoms with Gasteiger partial charge in [-0.05, 0) is 43.3 Å². The summed E-state index contributed by atoms with van der Waals surface area (Å²) < 4.78 is 1.61. The SMILES string of the molecule is Cc1cc(NC(=O)c2cc(Cl)ccc2Cl)n(-c2cccc(Cl)c2)n1. The molecule has 7 heteroatoms. The van der Waals surface area contributed by atoms with Gasteiger partial charge in [0.1, 0.15) is 5.82 Å². The topological polar surface area (TPSA) is 46.9 Å². The molecule has 4 nitrogen and oxygen atoms in total. The van der Waals surface area contributed by atoms with Crippen LogP contribution >= 0.6 is 34.8 Å². The first-order chi connectivity index (χ1) is 11.4. The summed E-state index contributed by atoms with van der Waals surface area (Å²) in [5.74, 6) is 0.140. The van der Waals surface area contributed by atoms with E-state index in [2.05, 4.69) is 10.4 Å². The zero-order chi connectivity index (χ0) is 17.3. The van der Waals surface area contributed by atoms with Gasteiger partial charge < -0.3 is 5.32 Å². The minimum Gasteiger partial charge on any atom is -0.306 e. The summed E-state index contributed by atoms with van der Waals surface area (Å²) in [6.45, 7) is 1.84. The lowest BCUT2D eigenvalue weighted by molar-refractivity contribution is 0.102. The lowest BCUT2D eigenvalue weighted by Crippen LogP contribution is -2.15. The maximum Gasteiger partial charge on any atom is 0.258 e. The average molecular weight is 381 g/mol. The van der Waals surface area contributed by atoms with E-state index in [1.54, 1.807) is 35.0 Å². The highest BCUT2D eigenvalue weighted by Crippen LogP contribution is 2.24. The Labute approximate surface area is 154 Å². The third-order valence-electron chi connectivity index (χ3n) is 3.30. The van der Waals surface area contributed by atoms with E-state index < -0.39 is 0 Å². The van der Waals surface area contributed by atoms with Crippen molar-refractivity contribution in [2.24, 2.45) is 0 Å². The molecule has 0 saturated carbocycles. The summed E-state index contributed by atoms with van der Waals surface area (Å²) in [5.41, 5.74) is 1.78. The van der Waals surface area contributed by atoms with Crippen LogP contribution in [0.5, 0.6) is 0 Å². The summed E-state index contributed by atoms with van der Waals surface area (Å²) in [7, 11) is 0. The van der Waals surface area contributed by atoms with Gasteiger partial charge in [-0.25, -0.2) is 4.68 Å². The van der Waals surface area contributed by atoms with E-state index in [4.69, 9.17) is 34.8 Å². The van der Waals surface area contributed by atoms with Crippen LogP contribution in [0.3, 0.4) is 0 Å². The minimum absolute atomic E-state index is 0.292. The first-order valence-corrected chi connectivity index (χ1v) is 8.16. The molecule has 0 aliphatic carbocycles. The Kier molecular flexibility index (Phi) is 4.81. The van der Waals surface area contributed by atoms with Crippen LogP contribution in [0.2, 0.25) is 15.1 Å². The molecule has 3 rings (SSSR count). The number of anilines is 1. The number of hydrogen-bond donors (Lipinski definition) is 1. The number of aromatic nitrogens is 2. The fourth-order valence-electron chi connectivity index (χ4n) is 2.25. The quantitative estimate of drug-likeness (QED) is 0.662. The van der Waals surface area contributed by atoms with Crippen molar-refractivity contribution >= 4 is 46.5 Å². The maximum absolute atomic E-state index is 12.5. The Hall–Kier alpha value is -2.01. The molecule has 3 aromatic rings. The average Bonchev–Trinajstić information content (AvgIpc) is 2.90. The summed E-state index contributed by atoms with van der Waals surface area (Å²) in [4.78, 5) is 12.5. The molecular weight excluding hydrogens is 369 g/mol. The number of aryl methyl sites for hydroxylation is 1. The molecule has 0 atom stereocenters. The monoisotopic (exact) mass is 379 g/mol. The third-order valence-corrected chi connectivity index (χ3v) is 4.10. The lowest BCUT2D eigenvalue weighted by Gasteiger charge is -2.10. The zero-order valence-electron chi connectivity index (χ0n) is 12.6. The molecule has 1 aromatic heterocycles. The van der Waals surface area contributed by atoms with Crippen molar-refractivity contribution in [3.05, 3.63) is 74.9 Å². The van der Waals surface area contributed by atoms with E-state index in [1.165, 1.54) is 6.07 Å². The van der Waals surface area contributed by atoms with Gasteiger partial charge in [0.05, 0.1) is 22.0 Å². The molecule has 0 aliphatic heterocycles. The van der Waals surface area contributed by atoms with Crippen molar-refractivity contribution in [1.29, 1.82) is 0 Å². The molecule has 24 heavy (non-hydrogen) atoms. The smallest absolute Gasteiger partial charge is 0.258 e. The number of amides is 1. The predicted molar refractivity (Wildman–Crippen MR) is 97.7 cm³/mol. The van der Waals surface area contributed by atoms with Gasteiger partial charge in [0.15, 0.2) is 0 Å². The molecule has 0 unspecified atom stereocenters. The van der Waals surface area contributed by atoms with Crippen LogP contribution in [0.1, 0.15) is 16.1 Å². The molecule has 0 radical (unpaired) electrons. The van der Waals surface area contributed by atoms with E-state index >= 15 is 0 Å². The highest BCUT2D eigenvalue weighted by molar-refractivity contribution is 6.36. The van der Waals surface area contributed by atoms with Crippen molar-refractivity contribution in [2.75, 3.05) is 5.32 Å². The number of carbonyl (C=O) groups is 1. The summed E-state index contributed by atoms with van der Waals surface area (Å²) >= 11 is 18.1. The highest BCUT2D eigenvalue weighted by atomic mass is 35.5. The first-order valence-electron chi connectivity index (χ1n) is 7.03. The molecule has 2 aromatic carbocycles. The molecule has 1 heterocycles. The number of benzene rings is 2. The largest absolute Gasteiger partial charge is 0.306 e. The van der Waals surface area contributed by atoms with E-state index in [1.807, 2.05) is 19.1 Å². The van der Waals surface area contributed by atoms with Crippen molar-refractivity contribution in [3.63, 3.8) is 0 Å². The third kappa shape index (κ3) is 3.56. The minimum atomic E-state index is -0.370. The normalized spacial score (nSPS) is 10.7. The number of nitrogens with one attached hydrogen (secondary N) is 1. The second kappa shape index (κ2) is 6.85.